The second-order valence-electron chi connectivity index (χ2n) is 19.2. The van der Waals surface area contributed by atoms with Crippen molar-refractivity contribution < 1.29 is 28.6 Å². The molecule has 0 aliphatic carbocycles. The van der Waals surface area contributed by atoms with Crippen LogP contribution in [-0.2, 0) is 28.6 Å². The van der Waals surface area contributed by atoms with Crippen molar-refractivity contribution in [3.63, 3.8) is 0 Å². The smallest absolute Gasteiger partial charge is 0.306 e. The predicted molar refractivity (Wildman–Crippen MR) is 288 cm³/mol. The minimum Gasteiger partial charge on any atom is -0.462 e. The van der Waals surface area contributed by atoms with E-state index in [0.717, 1.165) is 77.0 Å². The van der Waals surface area contributed by atoms with Gasteiger partial charge in [0, 0.05) is 19.3 Å². The molecule has 0 radical (unpaired) electrons. The van der Waals surface area contributed by atoms with Gasteiger partial charge in [-0.3, -0.25) is 14.4 Å². The molecule has 0 rings (SSSR count). The van der Waals surface area contributed by atoms with E-state index in [0.29, 0.717) is 19.3 Å². The largest absolute Gasteiger partial charge is 0.462 e. The van der Waals surface area contributed by atoms with Gasteiger partial charge in [-0.1, -0.05) is 274 Å². The molecule has 0 saturated heterocycles. The van der Waals surface area contributed by atoms with Crippen molar-refractivity contribution in [3.05, 3.63) is 60.8 Å². The van der Waals surface area contributed by atoms with Crippen molar-refractivity contribution in [2.24, 2.45) is 0 Å². The van der Waals surface area contributed by atoms with Crippen LogP contribution < -0.4 is 0 Å². The van der Waals surface area contributed by atoms with Crippen LogP contribution in [0.25, 0.3) is 0 Å². The lowest BCUT2D eigenvalue weighted by molar-refractivity contribution is -0.167. The molecular weight excluding hydrogens is 829 g/mol. The lowest BCUT2D eigenvalue weighted by Crippen LogP contribution is -2.30. The minimum absolute atomic E-state index is 0.0927. The number of allylic oxidation sites excluding steroid dienone is 10. The van der Waals surface area contributed by atoms with Crippen molar-refractivity contribution >= 4 is 17.9 Å². The molecule has 0 amide bonds. The summed E-state index contributed by atoms with van der Waals surface area (Å²) >= 11 is 0. The van der Waals surface area contributed by atoms with Crippen molar-refractivity contribution in [2.45, 2.75) is 297 Å². The Kier molecular flexibility index (Phi) is 53.3. The van der Waals surface area contributed by atoms with Crippen molar-refractivity contribution in [3.8, 4) is 0 Å². The Morgan fingerprint density at radius 1 is 0.313 bits per heavy atom. The van der Waals surface area contributed by atoms with Crippen molar-refractivity contribution in [1.82, 2.24) is 0 Å². The van der Waals surface area contributed by atoms with Gasteiger partial charge in [0.2, 0.25) is 0 Å². The summed E-state index contributed by atoms with van der Waals surface area (Å²) in [4.78, 5) is 38.1. The fourth-order valence-electron chi connectivity index (χ4n) is 8.24. The first kappa shape index (κ1) is 64.1. The maximum absolute atomic E-state index is 12.8. The summed E-state index contributed by atoms with van der Waals surface area (Å²) < 4.78 is 16.8. The highest BCUT2D eigenvalue weighted by molar-refractivity contribution is 5.71. The molecule has 6 heteroatoms. The normalized spacial score (nSPS) is 12.5. The zero-order chi connectivity index (χ0) is 48.6. The molecular formula is C61H108O6. The maximum Gasteiger partial charge on any atom is 0.306 e. The van der Waals surface area contributed by atoms with Gasteiger partial charge in [-0.2, -0.15) is 0 Å². The van der Waals surface area contributed by atoms with Crippen LogP contribution in [0.5, 0.6) is 0 Å². The molecule has 1 atom stereocenters. The van der Waals surface area contributed by atoms with E-state index in [1.54, 1.807) is 0 Å². The molecule has 0 N–H and O–H groups in total. The Morgan fingerprint density at radius 2 is 0.582 bits per heavy atom. The van der Waals surface area contributed by atoms with Gasteiger partial charge in [-0.05, 0) is 57.8 Å². The van der Waals surface area contributed by atoms with Crippen molar-refractivity contribution in [1.29, 1.82) is 0 Å². The number of rotatable bonds is 52. The topological polar surface area (TPSA) is 78.9 Å². The van der Waals surface area contributed by atoms with Crippen LogP contribution >= 0.6 is 0 Å². The zero-order valence-electron chi connectivity index (χ0n) is 44.4. The monoisotopic (exact) mass is 937 g/mol. The lowest BCUT2D eigenvalue weighted by atomic mass is 10.0. The number of ether oxygens (including phenoxy) is 3. The molecule has 0 spiro atoms. The first-order valence-electron chi connectivity index (χ1n) is 28.8. The van der Waals surface area contributed by atoms with Crippen LogP contribution in [0.1, 0.15) is 290 Å². The zero-order valence-corrected chi connectivity index (χ0v) is 44.4. The third kappa shape index (κ3) is 53.9. The quantitative estimate of drug-likeness (QED) is 0.0262. The molecule has 0 fully saturated rings. The van der Waals surface area contributed by atoms with E-state index in [1.165, 1.54) is 167 Å². The molecule has 0 aromatic heterocycles. The molecule has 0 saturated carbocycles. The number of carbonyl (C=O) groups is 3. The third-order valence-corrected chi connectivity index (χ3v) is 12.5. The molecule has 0 aliphatic heterocycles. The van der Waals surface area contributed by atoms with Gasteiger partial charge in [0.25, 0.3) is 0 Å². The van der Waals surface area contributed by atoms with Gasteiger partial charge in [0.05, 0.1) is 0 Å². The van der Waals surface area contributed by atoms with Crippen LogP contribution in [0.2, 0.25) is 0 Å². The number of esters is 3. The van der Waals surface area contributed by atoms with E-state index in [4.69, 9.17) is 14.2 Å². The van der Waals surface area contributed by atoms with Crippen LogP contribution in [0.3, 0.4) is 0 Å². The van der Waals surface area contributed by atoms with Gasteiger partial charge in [-0.15, -0.1) is 0 Å². The van der Waals surface area contributed by atoms with E-state index in [-0.39, 0.29) is 37.5 Å². The van der Waals surface area contributed by atoms with E-state index in [1.807, 2.05) is 0 Å². The molecule has 67 heavy (non-hydrogen) atoms. The van der Waals surface area contributed by atoms with Crippen LogP contribution in [0.4, 0.5) is 0 Å². The Hall–Kier alpha value is -2.89. The highest BCUT2D eigenvalue weighted by Crippen LogP contribution is 2.17. The molecule has 6 nitrogen and oxygen atoms in total. The Bertz CT molecular complexity index is 1210. The number of hydrogen-bond acceptors (Lipinski definition) is 6. The lowest BCUT2D eigenvalue weighted by Gasteiger charge is -2.18. The number of hydrogen-bond donors (Lipinski definition) is 0. The second-order valence-corrected chi connectivity index (χ2v) is 19.2. The summed E-state index contributed by atoms with van der Waals surface area (Å²) in [6, 6.07) is 0. The summed E-state index contributed by atoms with van der Waals surface area (Å²) in [5.74, 6) is -0.937. The van der Waals surface area contributed by atoms with Crippen LogP contribution in [-0.4, -0.2) is 37.2 Å². The summed E-state index contributed by atoms with van der Waals surface area (Å²) in [6.07, 6.45) is 69.3. The van der Waals surface area contributed by atoms with Gasteiger partial charge in [0.1, 0.15) is 13.2 Å². The minimum atomic E-state index is -0.800. The van der Waals surface area contributed by atoms with Crippen LogP contribution in [0, 0.1) is 0 Å². The van der Waals surface area contributed by atoms with Gasteiger partial charge < -0.3 is 14.2 Å². The van der Waals surface area contributed by atoms with Gasteiger partial charge in [-0.25, -0.2) is 0 Å². The summed E-state index contributed by atoms with van der Waals surface area (Å²) in [5, 5.41) is 0. The van der Waals surface area contributed by atoms with Gasteiger partial charge in [0.15, 0.2) is 6.10 Å². The second kappa shape index (κ2) is 55.7. The summed E-state index contributed by atoms with van der Waals surface area (Å²) in [6.45, 7) is 6.51. The molecule has 0 heterocycles. The Morgan fingerprint density at radius 3 is 0.896 bits per heavy atom. The average Bonchev–Trinajstić information content (AvgIpc) is 3.33. The Labute approximate surface area is 415 Å². The third-order valence-electron chi connectivity index (χ3n) is 12.5. The molecule has 0 aromatic carbocycles. The van der Waals surface area contributed by atoms with E-state index in [9.17, 15) is 14.4 Å². The molecule has 0 bridgehead atoms. The molecule has 0 aromatic rings. The van der Waals surface area contributed by atoms with E-state index >= 15 is 0 Å². The standard InChI is InChI=1S/C61H108O6/c1-4-7-10-13-16-19-22-25-28-30-32-33-36-39-42-45-48-51-54-60(63)66-57-58(56-65-59(62)53-50-47-44-41-38-35-27-24-21-18-15-12-9-6-3)67-61(64)55-52-49-46-43-40-37-34-31-29-26-23-20-17-14-11-8-5-2/h8,11,17,20,26,29,34,37,43,46,58H,4-7,9-10,12-16,18-19,21-25,27-28,30-33,35-36,38-42,44-45,47-57H2,1-3H3/b11-8+,20-17+,29-26+,37-34+,46-43+/t58-/m1/s1. The highest BCUT2D eigenvalue weighted by Gasteiger charge is 2.19. The average molecular weight is 938 g/mol. The van der Waals surface area contributed by atoms with Gasteiger partial charge >= 0.3 is 17.9 Å². The molecule has 0 aliphatic rings. The number of carbonyl (C=O) groups excluding carboxylic acids is 3. The highest BCUT2D eigenvalue weighted by atomic mass is 16.6. The predicted octanol–water partition coefficient (Wildman–Crippen LogP) is 19.2. The number of unbranched alkanes of at least 4 members (excludes halogenated alkanes) is 31. The van der Waals surface area contributed by atoms with E-state index in [2.05, 4.69) is 81.5 Å². The van der Waals surface area contributed by atoms with E-state index < -0.39 is 6.10 Å². The fraction of sp³-hybridized carbons (Fsp3) is 0.787. The molecule has 0 unspecified atom stereocenters. The summed E-state index contributed by atoms with van der Waals surface area (Å²) in [5.41, 5.74) is 0. The van der Waals surface area contributed by atoms with Crippen molar-refractivity contribution in [2.75, 3.05) is 13.2 Å². The Balaban J connectivity index is 4.42. The SMILES string of the molecule is CC/C=C/C/C=C/C/C=C/C/C=C/C/C=C/CCCC(=O)O[C@H](COC(=O)CCCCCCCCCCCCCCCC)COC(=O)CCCCCCCCCCCCCCCCCCCC. The molecule has 388 valence electrons. The van der Waals surface area contributed by atoms with Crippen LogP contribution in [0.15, 0.2) is 60.8 Å². The fourth-order valence-corrected chi connectivity index (χ4v) is 8.24. The summed E-state index contributed by atoms with van der Waals surface area (Å²) in [7, 11) is 0. The first-order chi connectivity index (χ1) is 33.0. The first-order valence-corrected chi connectivity index (χ1v) is 28.8. The maximum atomic E-state index is 12.8.